The Morgan fingerprint density at radius 1 is 1.60 bits per heavy atom. The van der Waals surface area contributed by atoms with Crippen LogP contribution in [0, 0.1) is 0 Å². The van der Waals surface area contributed by atoms with E-state index in [1.807, 2.05) is 13.8 Å². The third kappa shape index (κ3) is 1.76. The van der Waals surface area contributed by atoms with E-state index in [1.165, 1.54) is 6.42 Å². The normalized spacial score (nSPS) is 16.7. The Bertz CT molecular complexity index is 378. The second kappa shape index (κ2) is 3.68. The van der Waals surface area contributed by atoms with E-state index in [9.17, 15) is 4.79 Å². The zero-order valence-corrected chi connectivity index (χ0v) is 9.10. The fourth-order valence-corrected chi connectivity index (χ4v) is 1.82. The summed E-state index contributed by atoms with van der Waals surface area (Å²) in [4.78, 5) is 11.0. The maximum absolute atomic E-state index is 11.0. The first-order chi connectivity index (χ1) is 7.09. The minimum Gasteiger partial charge on any atom is -0.478 e. The Hall–Kier alpha value is -1.32. The van der Waals surface area contributed by atoms with Crippen LogP contribution in [0.25, 0.3) is 0 Å². The van der Waals surface area contributed by atoms with Crippen molar-refractivity contribution >= 4 is 5.97 Å². The third-order valence-corrected chi connectivity index (χ3v) is 3.01. The highest BCUT2D eigenvalue weighted by Crippen LogP contribution is 2.37. The minimum atomic E-state index is -0.858. The lowest BCUT2D eigenvalue weighted by Gasteiger charge is -2.23. The molecule has 1 N–H and O–H groups in total. The monoisotopic (exact) mass is 208 g/mol. The first-order valence-corrected chi connectivity index (χ1v) is 5.42. The standard InChI is InChI=1S/C11H16N2O2/c1-7(2)13-6-9(11(14)15)10(12-13)8-4-3-5-8/h6-8H,3-5H2,1-2H3,(H,14,15). The summed E-state index contributed by atoms with van der Waals surface area (Å²) in [5, 5.41) is 13.5. The van der Waals surface area contributed by atoms with Crippen molar-refractivity contribution in [1.29, 1.82) is 0 Å². The van der Waals surface area contributed by atoms with Crippen LogP contribution < -0.4 is 0 Å². The molecule has 0 bridgehead atoms. The molecule has 1 aromatic rings. The second-order valence-electron chi connectivity index (χ2n) is 4.43. The minimum absolute atomic E-state index is 0.219. The number of hydrogen-bond donors (Lipinski definition) is 1. The fraction of sp³-hybridized carbons (Fsp3) is 0.636. The van der Waals surface area contributed by atoms with E-state index < -0.39 is 5.97 Å². The number of carbonyl (C=O) groups is 1. The molecule has 0 aromatic carbocycles. The van der Waals surface area contributed by atoms with Crippen molar-refractivity contribution in [3.05, 3.63) is 17.5 Å². The number of carboxylic acids is 1. The number of aromatic nitrogens is 2. The van der Waals surface area contributed by atoms with Gasteiger partial charge in [-0.15, -0.1) is 0 Å². The molecule has 0 spiro atoms. The average Bonchev–Trinajstić information content (AvgIpc) is 2.45. The van der Waals surface area contributed by atoms with Crippen LogP contribution in [0.15, 0.2) is 6.20 Å². The molecule has 0 atom stereocenters. The van der Waals surface area contributed by atoms with E-state index in [2.05, 4.69) is 5.10 Å². The van der Waals surface area contributed by atoms with E-state index in [-0.39, 0.29) is 6.04 Å². The van der Waals surface area contributed by atoms with Crippen molar-refractivity contribution in [3.63, 3.8) is 0 Å². The smallest absolute Gasteiger partial charge is 0.339 e. The van der Waals surface area contributed by atoms with E-state index in [0.29, 0.717) is 11.5 Å². The highest BCUT2D eigenvalue weighted by molar-refractivity contribution is 5.88. The van der Waals surface area contributed by atoms with E-state index in [4.69, 9.17) is 5.11 Å². The Labute approximate surface area is 88.9 Å². The summed E-state index contributed by atoms with van der Waals surface area (Å²) in [6.07, 6.45) is 5.00. The Morgan fingerprint density at radius 2 is 2.27 bits per heavy atom. The lowest BCUT2D eigenvalue weighted by Crippen LogP contribution is -2.13. The first kappa shape index (κ1) is 10.2. The number of rotatable bonds is 3. The van der Waals surface area contributed by atoms with Gasteiger partial charge >= 0.3 is 5.97 Å². The molecular weight excluding hydrogens is 192 g/mol. The van der Waals surface area contributed by atoms with Gasteiger partial charge in [-0.05, 0) is 26.7 Å². The van der Waals surface area contributed by atoms with Crippen LogP contribution in [0.3, 0.4) is 0 Å². The summed E-state index contributed by atoms with van der Waals surface area (Å²) >= 11 is 0. The first-order valence-electron chi connectivity index (χ1n) is 5.42. The molecule has 0 aliphatic heterocycles. The van der Waals surface area contributed by atoms with Crippen LogP contribution in [-0.4, -0.2) is 20.9 Å². The van der Waals surface area contributed by atoms with Crippen molar-refractivity contribution in [2.45, 2.75) is 45.1 Å². The van der Waals surface area contributed by atoms with Gasteiger partial charge in [-0.2, -0.15) is 5.10 Å². The Morgan fingerprint density at radius 3 is 2.67 bits per heavy atom. The van der Waals surface area contributed by atoms with Gasteiger partial charge in [-0.1, -0.05) is 6.42 Å². The van der Waals surface area contributed by atoms with Gasteiger partial charge in [0.25, 0.3) is 0 Å². The van der Waals surface area contributed by atoms with Crippen molar-refractivity contribution < 1.29 is 9.90 Å². The zero-order valence-electron chi connectivity index (χ0n) is 9.10. The van der Waals surface area contributed by atoms with E-state index in [1.54, 1.807) is 10.9 Å². The summed E-state index contributed by atoms with van der Waals surface area (Å²) in [5.74, 6) is -0.486. The second-order valence-corrected chi connectivity index (χ2v) is 4.43. The van der Waals surface area contributed by atoms with Crippen LogP contribution in [0.4, 0.5) is 0 Å². The van der Waals surface area contributed by atoms with Crippen LogP contribution >= 0.6 is 0 Å². The van der Waals surface area contributed by atoms with Gasteiger partial charge in [0.05, 0.1) is 5.69 Å². The molecule has 82 valence electrons. The molecule has 4 heteroatoms. The molecule has 15 heavy (non-hydrogen) atoms. The van der Waals surface area contributed by atoms with Crippen molar-refractivity contribution in [2.75, 3.05) is 0 Å². The molecule has 1 aromatic heterocycles. The van der Waals surface area contributed by atoms with E-state index >= 15 is 0 Å². The highest BCUT2D eigenvalue weighted by Gasteiger charge is 2.28. The van der Waals surface area contributed by atoms with Crippen molar-refractivity contribution in [2.24, 2.45) is 0 Å². The largest absolute Gasteiger partial charge is 0.478 e. The summed E-state index contributed by atoms with van der Waals surface area (Å²) < 4.78 is 1.75. The van der Waals surface area contributed by atoms with E-state index in [0.717, 1.165) is 18.5 Å². The number of carboxylic acid groups (broad SMARTS) is 1. The molecule has 1 aliphatic rings. The number of nitrogens with zero attached hydrogens (tertiary/aromatic N) is 2. The maximum atomic E-state index is 11.0. The third-order valence-electron chi connectivity index (χ3n) is 3.01. The quantitative estimate of drug-likeness (QED) is 0.830. The van der Waals surface area contributed by atoms with Gasteiger partial charge in [0.2, 0.25) is 0 Å². The lowest BCUT2D eigenvalue weighted by molar-refractivity contribution is 0.0694. The SMILES string of the molecule is CC(C)n1cc(C(=O)O)c(C2CCC2)n1. The highest BCUT2D eigenvalue weighted by atomic mass is 16.4. The molecule has 1 fully saturated rings. The molecule has 2 rings (SSSR count). The van der Waals surface area contributed by atoms with Crippen LogP contribution in [0.1, 0.15) is 61.1 Å². The predicted octanol–water partition coefficient (Wildman–Crippen LogP) is 2.43. The topological polar surface area (TPSA) is 55.1 Å². The van der Waals surface area contributed by atoms with Crippen LogP contribution in [0.2, 0.25) is 0 Å². The molecule has 0 saturated heterocycles. The molecule has 0 amide bonds. The maximum Gasteiger partial charge on any atom is 0.339 e. The lowest BCUT2D eigenvalue weighted by atomic mass is 9.82. The Balaban J connectivity index is 2.36. The van der Waals surface area contributed by atoms with Gasteiger partial charge in [-0.3, -0.25) is 4.68 Å². The van der Waals surface area contributed by atoms with Gasteiger partial charge in [0.1, 0.15) is 5.56 Å². The molecule has 1 saturated carbocycles. The fourth-order valence-electron chi connectivity index (χ4n) is 1.82. The molecule has 0 radical (unpaired) electrons. The van der Waals surface area contributed by atoms with Gasteiger partial charge in [0, 0.05) is 18.2 Å². The van der Waals surface area contributed by atoms with Gasteiger partial charge in [-0.25, -0.2) is 4.79 Å². The predicted molar refractivity (Wildman–Crippen MR) is 56.2 cm³/mol. The summed E-state index contributed by atoms with van der Waals surface area (Å²) in [7, 11) is 0. The average molecular weight is 208 g/mol. The molecule has 4 nitrogen and oxygen atoms in total. The van der Waals surface area contributed by atoms with Crippen LogP contribution in [0.5, 0.6) is 0 Å². The number of hydrogen-bond acceptors (Lipinski definition) is 2. The molecule has 0 unspecified atom stereocenters. The number of aromatic carboxylic acids is 1. The van der Waals surface area contributed by atoms with Gasteiger partial charge in [0.15, 0.2) is 0 Å². The molecular formula is C11H16N2O2. The zero-order chi connectivity index (χ0) is 11.0. The summed E-state index contributed by atoms with van der Waals surface area (Å²) in [5.41, 5.74) is 1.16. The van der Waals surface area contributed by atoms with Crippen molar-refractivity contribution in [1.82, 2.24) is 9.78 Å². The summed E-state index contributed by atoms with van der Waals surface area (Å²) in [6, 6.07) is 0.219. The van der Waals surface area contributed by atoms with Gasteiger partial charge < -0.3 is 5.11 Å². The molecule has 1 heterocycles. The van der Waals surface area contributed by atoms with Crippen LogP contribution in [-0.2, 0) is 0 Å². The molecule has 1 aliphatic carbocycles. The summed E-state index contributed by atoms with van der Waals surface area (Å²) in [6.45, 7) is 4.01. The van der Waals surface area contributed by atoms with Crippen molar-refractivity contribution in [3.8, 4) is 0 Å². The Kier molecular flexibility index (Phi) is 2.50.